The summed E-state index contributed by atoms with van der Waals surface area (Å²) in [6, 6.07) is 7.64. The van der Waals surface area contributed by atoms with Crippen LogP contribution in [-0.4, -0.2) is 41.7 Å². The van der Waals surface area contributed by atoms with Crippen LogP contribution in [0.25, 0.3) is 0 Å². The molecule has 0 heterocycles. The molecule has 0 radical (unpaired) electrons. The molecule has 9 heteroatoms. The van der Waals surface area contributed by atoms with E-state index < -0.39 is 20.0 Å². The van der Waals surface area contributed by atoms with Gasteiger partial charge in [-0.15, -0.1) is 0 Å². The highest BCUT2D eigenvalue weighted by molar-refractivity contribution is 7.90. The number of benzene rings is 1. The van der Waals surface area contributed by atoms with E-state index in [2.05, 4.69) is 9.44 Å². The largest absolute Gasteiger partial charge is 0.326 e. The Balaban J connectivity index is 1.79. The van der Waals surface area contributed by atoms with Crippen molar-refractivity contribution in [3.8, 4) is 0 Å². The molecule has 22 heavy (non-hydrogen) atoms. The minimum atomic E-state index is -3.68. The minimum absolute atomic E-state index is 0.108. The van der Waals surface area contributed by atoms with Gasteiger partial charge in [0.05, 0.1) is 10.6 Å². The van der Waals surface area contributed by atoms with Crippen LogP contribution in [0, 0.1) is 5.92 Å². The van der Waals surface area contributed by atoms with Crippen LogP contribution in [0.4, 0.5) is 0 Å². The van der Waals surface area contributed by atoms with Gasteiger partial charge in [0.1, 0.15) is 0 Å². The Morgan fingerprint density at radius 3 is 2.32 bits per heavy atom. The van der Waals surface area contributed by atoms with E-state index in [0.717, 1.165) is 12.8 Å². The Hall–Kier alpha value is -1.00. The number of nitrogens with one attached hydrogen (secondary N) is 2. The maximum Gasteiger partial charge on any atom is 0.240 e. The van der Waals surface area contributed by atoms with Gasteiger partial charge in [0, 0.05) is 19.1 Å². The van der Waals surface area contributed by atoms with Gasteiger partial charge in [-0.1, -0.05) is 18.2 Å². The third kappa shape index (κ3) is 5.33. The first-order chi connectivity index (χ1) is 10.3. The summed E-state index contributed by atoms with van der Waals surface area (Å²) >= 11 is 0. The lowest BCUT2D eigenvalue weighted by Gasteiger charge is -2.12. The number of rotatable bonds is 9. The summed E-state index contributed by atoms with van der Waals surface area (Å²) in [7, 11) is -7.23. The van der Waals surface area contributed by atoms with Crippen LogP contribution in [0.1, 0.15) is 12.8 Å². The van der Waals surface area contributed by atoms with Crippen LogP contribution in [0.15, 0.2) is 35.2 Å². The van der Waals surface area contributed by atoms with Crippen LogP contribution >= 0.6 is 0 Å². The lowest BCUT2D eigenvalue weighted by atomic mass is 10.2. The third-order valence-corrected chi connectivity index (χ3v) is 6.31. The number of hydrogen-bond donors (Lipinski definition) is 3. The van der Waals surface area contributed by atoms with Gasteiger partial charge in [-0.25, -0.2) is 26.3 Å². The number of nitrogens with two attached hydrogens (primary N) is 1. The molecule has 1 fully saturated rings. The average molecular weight is 347 g/mol. The van der Waals surface area contributed by atoms with Gasteiger partial charge >= 0.3 is 0 Å². The highest BCUT2D eigenvalue weighted by Crippen LogP contribution is 2.31. The second kappa shape index (κ2) is 7.05. The lowest BCUT2D eigenvalue weighted by molar-refractivity contribution is 0.546. The lowest BCUT2D eigenvalue weighted by Crippen LogP contribution is -2.41. The molecular weight excluding hydrogens is 326 g/mol. The number of hydrogen-bond acceptors (Lipinski definition) is 5. The Morgan fingerprint density at radius 1 is 1.09 bits per heavy atom. The molecule has 1 atom stereocenters. The summed E-state index contributed by atoms with van der Waals surface area (Å²) in [4.78, 5) is 0.108. The van der Waals surface area contributed by atoms with Crippen LogP contribution in [0.2, 0.25) is 0 Å². The highest BCUT2D eigenvalue weighted by atomic mass is 32.2. The second-order valence-electron chi connectivity index (χ2n) is 5.38. The van der Waals surface area contributed by atoms with Crippen LogP contribution in [-0.2, 0) is 20.0 Å². The van der Waals surface area contributed by atoms with E-state index in [-0.39, 0.29) is 29.8 Å². The van der Waals surface area contributed by atoms with E-state index in [9.17, 15) is 16.8 Å². The smallest absolute Gasteiger partial charge is 0.240 e. The first-order valence-corrected chi connectivity index (χ1v) is 10.2. The Bertz CT molecular complexity index is 685. The van der Waals surface area contributed by atoms with Crippen molar-refractivity contribution in [3.63, 3.8) is 0 Å². The molecular formula is C13H21N3O4S2. The maximum absolute atomic E-state index is 11.9. The number of sulfonamides is 2. The van der Waals surface area contributed by atoms with Gasteiger partial charge in [0.2, 0.25) is 20.0 Å². The van der Waals surface area contributed by atoms with Crippen molar-refractivity contribution in [3.05, 3.63) is 30.3 Å². The maximum atomic E-state index is 11.9. The summed E-state index contributed by atoms with van der Waals surface area (Å²) in [5.41, 5.74) is 5.82. The highest BCUT2D eigenvalue weighted by Gasteiger charge is 2.29. The normalized spacial score (nSPS) is 17.3. The summed E-state index contributed by atoms with van der Waals surface area (Å²) in [5, 5.41) is 0. The SMILES string of the molecule is NC(CNS(=O)(=O)CCNS(=O)(=O)c1ccccc1)C1CC1. The van der Waals surface area contributed by atoms with E-state index in [1.165, 1.54) is 12.1 Å². The summed E-state index contributed by atoms with van der Waals surface area (Å²) < 4.78 is 52.2. The van der Waals surface area contributed by atoms with E-state index >= 15 is 0 Å². The fraction of sp³-hybridized carbons (Fsp3) is 0.538. The Labute approximate surface area is 131 Å². The zero-order valence-corrected chi connectivity index (χ0v) is 13.7. The van der Waals surface area contributed by atoms with Crippen LogP contribution in [0.5, 0.6) is 0 Å². The summed E-state index contributed by atoms with van der Waals surface area (Å²) in [6.07, 6.45) is 2.08. The van der Waals surface area contributed by atoms with Crippen molar-refractivity contribution in [1.82, 2.24) is 9.44 Å². The molecule has 0 amide bonds. The zero-order chi connectivity index (χ0) is 16.2. The molecule has 4 N–H and O–H groups in total. The summed E-state index contributed by atoms with van der Waals surface area (Å²) in [5.74, 6) is 0.0791. The second-order valence-corrected chi connectivity index (χ2v) is 9.07. The molecule has 1 aromatic carbocycles. The minimum Gasteiger partial charge on any atom is -0.326 e. The van der Waals surface area contributed by atoms with Crippen molar-refractivity contribution in [1.29, 1.82) is 0 Å². The molecule has 0 saturated heterocycles. The molecule has 0 spiro atoms. The first-order valence-electron chi connectivity index (χ1n) is 7.08. The molecule has 7 nitrogen and oxygen atoms in total. The van der Waals surface area contributed by atoms with Gasteiger partial charge in [0.25, 0.3) is 0 Å². The monoisotopic (exact) mass is 347 g/mol. The molecule has 1 saturated carbocycles. The van der Waals surface area contributed by atoms with E-state index in [1.54, 1.807) is 18.2 Å². The standard InChI is InChI=1S/C13H21N3O4S2/c14-13(11-6-7-11)10-16-21(17,18)9-8-15-22(19,20)12-4-2-1-3-5-12/h1-5,11,13,15-16H,6-10,14H2. The molecule has 1 unspecified atom stereocenters. The summed E-state index contributed by atoms with van der Waals surface area (Å²) in [6.45, 7) is 0.00363. The Kier molecular flexibility index (Phi) is 5.56. The van der Waals surface area contributed by atoms with E-state index in [4.69, 9.17) is 5.73 Å². The van der Waals surface area contributed by atoms with Crippen molar-refractivity contribution >= 4 is 20.0 Å². The molecule has 0 aromatic heterocycles. The molecule has 1 aliphatic carbocycles. The molecule has 1 aliphatic rings. The first kappa shape index (κ1) is 17.4. The van der Waals surface area contributed by atoms with Crippen LogP contribution in [0.3, 0.4) is 0 Å². The van der Waals surface area contributed by atoms with Crippen molar-refractivity contribution < 1.29 is 16.8 Å². The molecule has 1 aromatic rings. The van der Waals surface area contributed by atoms with Crippen molar-refractivity contribution in [2.24, 2.45) is 11.7 Å². The van der Waals surface area contributed by atoms with E-state index in [1.807, 2.05) is 0 Å². The van der Waals surface area contributed by atoms with Gasteiger partial charge < -0.3 is 5.73 Å². The zero-order valence-electron chi connectivity index (χ0n) is 12.1. The fourth-order valence-electron chi connectivity index (χ4n) is 1.98. The van der Waals surface area contributed by atoms with Crippen LogP contribution < -0.4 is 15.2 Å². The molecule has 2 rings (SSSR count). The van der Waals surface area contributed by atoms with Gasteiger partial charge in [-0.2, -0.15) is 0 Å². The van der Waals surface area contributed by atoms with Crippen molar-refractivity contribution in [2.75, 3.05) is 18.8 Å². The molecule has 0 aliphatic heterocycles. The third-order valence-electron chi connectivity index (χ3n) is 3.48. The predicted molar refractivity (Wildman–Crippen MR) is 84.1 cm³/mol. The molecule has 124 valence electrons. The topological polar surface area (TPSA) is 118 Å². The van der Waals surface area contributed by atoms with Gasteiger partial charge in [0.15, 0.2) is 0 Å². The van der Waals surface area contributed by atoms with Gasteiger partial charge in [-0.3, -0.25) is 0 Å². The quantitative estimate of drug-likeness (QED) is 0.563. The molecule has 0 bridgehead atoms. The van der Waals surface area contributed by atoms with E-state index in [0.29, 0.717) is 5.92 Å². The average Bonchev–Trinajstić information content (AvgIpc) is 3.30. The predicted octanol–water partition coefficient (Wildman–Crippen LogP) is -0.378. The fourth-order valence-corrected chi connectivity index (χ4v) is 4.12. The van der Waals surface area contributed by atoms with Crippen molar-refractivity contribution in [2.45, 2.75) is 23.8 Å². The van der Waals surface area contributed by atoms with Gasteiger partial charge in [-0.05, 0) is 30.9 Å². The Morgan fingerprint density at radius 2 is 1.73 bits per heavy atom.